The molecule has 24 heavy (non-hydrogen) atoms. The summed E-state index contributed by atoms with van der Waals surface area (Å²) >= 11 is 0. The number of para-hydroxylation sites is 1. The van der Waals surface area contributed by atoms with E-state index in [0.717, 1.165) is 0 Å². The molecule has 3 heterocycles. The first kappa shape index (κ1) is 14.8. The Labute approximate surface area is 138 Å². The fourth-order valence-corrected chi connectivity index (χ4v) is 3.73. The summed E-state index contributed by atoms with van der Waals surface area (Å²) in [5, 5.41) is 16.9. The molecular weight excluding hydrogens is 310 g/mol. The quantitative estimate of drug-likeness (QED) is 0.824. The lowest BCUT2D eigenvalue weighted by atomic mass is 9.81. The van der Waals surface area contributed by atoms with Crippen molar-refractivity contribution in [2.45, 2.75) is 0 Å². The normalized spacial score (nSPS) is 25.7. The van der Waals surface area contributed by atoms with Gasteiger partial charge in [-0.15, -0.1) is 0 Å². The highest BCUT2D eigenvalue weighted by Crippen LogP contribution is 2.40. The van der Waals surface area contributed by atoms with Gasteiger partial charge in [-0.2, -0.15) is 5.10 Å². The topological polar surface area (TPSA) is 100 Å². The fourth-order valence-electron chi connectivity index (χ4n) is 3.73. The van der Waals surface area contributed by atoms with Gasteiger partial charge in [0, 0.05) is 32.1 Å². The third-order valence-electron chi connectivity index (χ3n) is 5.04. The van der Waals surface area contributed by atoms with Crippen molar-refractivity contribution in [3.63, 3.8) is 0 Å². The number of carboxylic acid groups (broad SMARTS) is 1. The number of hydrogen-bond donors (Lipinski definition) is 2. The lowest BCUT2D eigenvalue weighted by Gasteiger charge is -2.23. The monoisotopic (exact) mass is 327 g/mol. The number of amides is 1. The summed E-state index contributed by atoms with van der Waals surface area (Å²) in [6, 6.07) is 7.15. The molecule has 1 aromatic carbocycles. The summed E-state index contributed by atoms with van der Waals surface area (Å²) in [5.41, 5.74) is 0.258. The van der Waals surface area contributed by atoms with Crippen molar-refractivity contribution in [2.24, 2.45) is 11.3 Å². The molecule has 2 aliphatic heterocycles. The Kier molecular flexibility index (Phi) is 3.34. The van der Waals surface area contributed by atoms with Crippen LogP contribution in [0.2, 0.25) is 0 Å². The van der Waals surface area contributed by atoms with Crippen LogP contribution in [0.3, 0.4) is 0 Å². The van der Waals surface area contributed by atoms with Gasteiger partial charge < -0.3 is 15.3 Å². The van der Waals surface area contributed by atoms with Crippen LogP contribution >= 0.6 is 0 Å². The second-order valence-corrected chi connectivity index (χ2v) is 6.33. The van der Waals surface area contributed by atoms with Gasteiger partial charge in [0.15, 0.2) is 0 Å². The van der Waals surface area contributed by atoms with E-state index in [9.17, 15) is 14.7 Å². The molecule has 0 spiro atoms. The Hall–Kier alpha value is -2.74. The smallest absolute Gasteiger partial charge is 0.313 e. The van der Waals surface area contributed by atoms with Gasteiger partial charge in [0.05, 0.1) is 11.3 Å². The molecule has 2 saturated heterocycles. The number of nitrogens with one attached hydrogen (secondary N) is 1. The van der Waals surface area contributed by atoms with Crippen molar-refractivity contribution in [3.8, 4) is 5.69 Å². The van der Waals surface area contributed by atoms with E-state index >= 15 is 0 Å². The number of likely N-dealkylation sites (tertiary alicyclic amines) is 1. The van der Waals surface area contributed by atoms with E-state index in [-0.39, 0.29) is 18.4 Å². The maximum absolute atomic E-state index is 13.0. The molecule has 0 radical (unpaired) electrons. The molecule has 0 aliphatic carbocycles. The summed E-state index contributed by atoms with van der Waals surface area (Å²) in [4.78, 5) is 30.3. The van der Waals surface area contributed by atoms with Gasteiger partial charge in [-0.1, -0.05) is 12.1 Å². The predicted octanol–water partition coefficient (Wildman–Crippen LogP) is 0.0135. The molecule has 1 unspecified atom stereocenters. The lowest BCUT2D eigenvalue weighted by Crippen LogP contribution is -2.41. The van der Waals surface area contributed by atoms with Gasteiger partial charge >= 0.3 is 5.97 Å². The maximum Gasteiger partial charge on any atom is 0.313 e. The molecule has 8 nitrogen and oxygen atoms in total. The molecule has 124 valence electrons. The Balaban J connectivity index is 1.66. The fraction of sp³-hybridized carbons (Fsp3) is 0.375. The minimum absolute atomic E-state index is 0.0579. The van der Waals surface area contributed by atoms with Crippen LogP contribution < -0.4 is 5.32 Å². The van der Waals surface area contributed by atoms with E-state index < -0.39 is 11.4 Å². The number of carboxylic acids is 1. The van der Waals surface area contributed by atoms with Gasteiger partial charge in [0.1, 0.15) is 18.1 Å². The van der Waals surface area contributed by atoms with Crippen LogP contribution in [0.5, 0.6) is 0 Å². The van der Waals surface area contributed by atoms with E-state index in [2.05, 4.69) is 15.4 Å². The number of carbonyl (C=O) groups is 2. The Bertz CT molecular complexity index is 791. The SMILES string of the molecule is O=C(c1ccccc1-n1cncn1)N1CC2CNC[C@]2(C(=O)O)C1. The predicted molar refractivity (Wildman–Crippen MR) is 83.7 cm³/mol. The zero-order valence-electron chi connectivity index (χ0n) is 12.9. The van der Waals surface area contributed by atoms with Gasteiger partial charge in [-0.05, 0) is 12.1 Å². The number of fused-ring (bicyclic) bond motifs is 1. The first-order valence-electron chi connectivity index (χ1n) is 7.79. The second kappa shape index (κ2) is 5.41. The molecule has 4 rings (SSSR count). The standard InChI is InChI=1S/C16H17N5O3/c22-14(12-3-1-2-4-13(12)21-10-18-9-19-21)20-6-11-5-17-7-16(11,8-20)15(23)24/h1-4,9-11,17H,5-8H2,(H,23,24)/t11?,16-/m0/s1. The number of rotatable bonds is 3. The summed E-state index contributed by atoms with van der Waals surface area (Å²) in [6.07, 6.45) is 2.94. The van der Waals surface area contributed by atoms with Crippen LogP contribution in [0, 0.1) is 11.3 Å². The molecule has 0 bridgehead atoms. The number of hydrogen-bond acceptors (Lipinski definition) is 5. The highest BCUT2D eigenvalue weighted by molar-refractivity contribution is 5.98. The number of aromatic nitrogens is 3. The Morgan fingerprint density at radius 3 is 2.88 bits per heavy atom. The lowest BCUT2D eigenvalue weighted by molar-refractivity contribution is -0.148. The first-order valence-corrected chi connectivity index (χ1v) is 7.79. The third kappa shape index (κ3) is 2.10. The van der Waals surface area contributed by atoms with Crippen molar-refractivity contribution >= 4 is 11.9 Å². The minimum Gasteiger partial charge on any atom is -0.481 e. The zero-order chi connectivity index (χ0) is 16.7. The average molecular weight is 327 g/mol. The molecule has 1 aromatic heterocycles. The van der Waals surface area contributed by atoms with E-state index in [1.807, 2.05) is 6.07 Å². The van der Waals surface area contributed by atoms with Crippen molar-refractivity contribution in [3.05, 3.63) is 42.5 Å². The van der Waals surface area contributed by atoms with E-state index in [1.54, 1.807) is 27.8 Å². The largest absolute Gasteiger partial charge is 0.481 e. The molecule has 2 fully saturated rings. The summed E-state index contributed by atoms with van der Waals surface area (Å²) < 4.78 is 1.54. The number of nitrogens with zero attached hydrogens (tertiary/aromatic N) is 4. The van der Waals surface area contributed by atoms with Crippen molar-refractivity contribution in [2.75, 3.05) is 26.2 Å². The molecule has 1 amide bonds. The van der Waals surface area contributed by atoms with Crippen LogP contribution in [0.15, 0.2) is 36.9 Å². The Morgan fingerprint density at radius 2 is 2.17 bits per heavy atom. The van der Waals surface area contributed by atoms with E-state index in [0.29, 0.717) is 30.9 Å². The highest BCUT2D eigenvalue weighted by atomic mass is 16.4. The zero-order valence-corrected chi connectivity index (χ0v) is 12.9. The van der Waals surface area contributed by atoms with Gasteiger partial charge in [0.25, 0.3) is 5.91 Å². The molecule has 2 N–H and O–H groups in total. The van der Waals surface area contributed by atoms with Crippen LogP contribution in [0.1, 0.15) is 10.4 Å². The van der Waals surface area contributed by atoms with Gasteiger partial charge in [-0.25, -0.2) is 9.67 Å². The Morgan fingerprint density at radius 1 is 1.33 bits per heavy atom. The average Bonchev–Trinajstić information content (AvgIpc) is 3.29. The summed E-state index contributed by atoms with van der Waals surface area (Å²) in [6.45, 7) is 1.71. The molecule has 0 saturated carbocycles. The molecule has 2 aromatic rings. The van der Waals surface area contributed by atoms with Crippen LogP contribution in [-0.4, -0.2) is 62.8 Å². The number of carbonyl (C=O) groups excluding carboxylic acids is 1. The van der Waals surface area contributed by atoms with Crippen LogP contribution in [0.25, 0.3) is 5.69 Å². The van der Waals surface area contributed by atoms with Gasteiger partial charge in [0.2, 0.25) is 0 Å². The van der Waals surface area contributed by atoms with Crippen molar-refractivity contribution < 1.29 is 14.7 Å². The summed E-state index contributed by atoms with van der Waals surface area (Å²) in [5.74, 6) is -1.06. The molecule has 8 heteroatoms. The molecule has 2 aliphatic rings. The van der Waals surface area contributed by atoms with Crippen LogP contribution in [-0.2, 0) is 4.79 Å². The molecule has 2 atom stereocenters. The minimum atomic E-state index is -0.877. The summed E-state index contributed by atoms with van der Waals surface area (Å²) in [7, 11) is 0. The van der Waals surface area contributed by atoms with Crippen molar-refractivity contribution in [1.82, 2.24) is 25.0 Å². The number of benzene rings is 1. The number of aliphatic carboxylic acids is 1. The van der Waals surface area contributed by atoms with Gasteiger partial charge in [-0.3, -0.25) is 9.59 Å². The van der Waals surface area contributed by atoms with E-state index in [4.69, 9.17) is 0 Å². The first-order chi connectivity index (χ1) is 11.6. The van der Waals surface area contributed by atoms with Crippen LogP contribution in [0.4, 0.5) is 0 Å². The molecular formula is C16H17N5O3. The third-order valence-corrected chi connectivity index (χ3v) is 5.04. The highest BCUT2D eigenvalue weighted by Gasteiger charge is 2.56. The maximum atomic E-state index is 13.0. The van der Waals surface area contributed by atoms with Crippen molar-refractivity contribution in [1.29, 1.82) is 0 Å². The van der Waals surface area contributed by atoms with E-state index in [1.165, 1.54) is 12.7 Å². The second-order valence-electron chi connectivity index (χ2n) is 6.33.